The van der Waals surface area contributed by atoms with E-state index in [0.717, 1.165) is 6.42 Å². The Bertz CT molecular complexity index is 620. The van der Waals surface area contributed by atoms with Crippen LogP contribution in [0.15, 0.2) is 24.3 Å². The van der Waals surface area contributed by atoms with Gasteiger partial charge in [-0.15, -0.1) is 0 Å². The molecule has 100 valence electrons. The summed E-state index contributed by atoms with van der Waals surface area (Å²) >= 11 is 0. The van der Waals surface area contributed by atoms with Crippen LogP contribution in [0.25, 0.3) is 11.0 Å². The van der Waals surface area contributed by atoms with Crippen molar-refractivity contribution in [3.63, 3.8) is 0 Å². The van der Waals surface area contributed by atoms with E-state index in [0.29, 0.717) is 17.6 Å². The first-order valence-electron chi connectivity index (χ1n) is 5.89. The molecule has 2 amide bonds. The van der Waals surface area contributed by atoms with Gasteiger partial charge in [-0.25, -0.2) is 19.9 Å². The molecule has 1 aromatic carbocycles. The van der Waals surface area contributed by atoms with E-state index in [9.17, 15) is 9.59 Å². The highest BCUT2D eigenvalue weighted by Crippen LogP contribution is 2.14. The van der Waals surface area contributed by atoms with Gasteiger partial charge in [0.1, 0.15) is 0 Å². The number of hydrogen-bond donors (Lipinski definition) is 3. The molecule has 0 saturated carbocycles. The molecule has 7 heteroatoms. The number of carboxylic acid groups (broad SMARTS) is 1. The second-order valence-electron chi connectivity index (χ2n) is 3.93. The van der Waals surface area contributed by atoms with Gasteiger partial charge in [0, 0.05) is 6.54 Å². The minimum atomic E-state index is -1.26. The summed E-state index contributed by atoms with van der Waals surface area (Å²) < 4.78 is 1.17. The van der Waals surface area contributed by atoms with Crippen LogP contribution in [0.4, 0.5) is 4.79 Å². The predicted octanol–water partition coefficient (Wildman–Crippen LogP) is 1.40. The second-order valence-corrected chi connectivity index (χ2v) is 3.93. The first-order valence-corrected chi connectivity index (χ1v) is 5.89. The van der Waals surface area contributed by atoms with E-state index in [1.165, 1.54) is 4.68 Å². The van der Waals surface area contributed by atoms with Gasteiger partial charge >= 0.3 is 6.09 Å². The summed E-state index contributed by atoms with van der Waals surface area (Å²) in [6, 6.07) is 6.92. The number of benzene rings is 1. The molecule has 0 radical (unpaired) electrons. The third-order valence-corrected chi connectivity index (χ3v) is 2.51. The molecule has 0 fully saturated rings. The van der Waals surface area contributed by atoms with Gasteiger partial charge in [-0.1, -0.05) is 19.1 Å². The molecular formula is C12H14N4O3. The van der Waals surface area contributed by atoms with E-state index in [4.69, 9.17) is 5.11 Å². The average Bonchev–Trinajstić information content (AvgIpc) is 2.74. The van der Waals surface area contributed by atoms with Crippen molar-refractivity contribution in [3.8, 4) is 0 Å². The minimum Gasteiger partial charge on any atom is -0.464 e. The Labute approximate surface area is 109 Å². The smallest absolute Gasteiger partial charge is 0.424 e. The van der Waals surface area contributed by atoms with Gasteiger partial charge in [0.2, 0.25) is 5.82 Å². The molecular weight excluding hydrogens is 248 g/mol. The molecule has 7 nitrogen and oxygen atoms in total. The van der Waals surface area contributed by atoms with Crippen LogP contribution in [-0.2, 0) is 0 Å². The maximum atomic E-state index is 11.9. The van der Waals surface area contributed by atoms with Crippen LogP contribution < -0.4 is 10.7 Å². The number of rotatable bonds is 4. The van der Waals surface area contributed by atoms with Crippen LogP contribution in [0.1, 0.15) is 24.0 Å². The topological polar surface area (TPSA) is 96.3 Å². The lowest BCUT2D eigenvalue weighted by Gasteiger charge is -2.07. The quantitative estimate of drug-likeness (QED) is 0.775. The van der Waals surface area contributed by atoms with Gasteiger partial charge in [-0.05, 0) is 18.6 Å². The lowest BCUT2D eigenvalue weighted by molar-refractivity contribution is 0.0941. The van der Waals surface area contributed by atoms with Crippen molar-refractivity contribution in [1.29, 1.82) is 0 Å². The van der Waals surface area contributed by atoms with Crippen molar-refractivity contribution in [2.45, 2.75) is 13.3 Å². The van der Waals surface area contributed by atoms with Crippen molar-refractivity contribution >= 4 is 23.0 Å². The molecule has 0 saturated heterocycles. The number of nitrogens with zero attached hydrogens (tertiary/aromatic N) is 2. The highest BCUT2D eigenvalue weighted by atomic mass is 16.4. The van der Waals surface area contributed by atoms with Gasteiger partial charge in [0.05, 0.1) is 11.0 Å². The Balaban J connectivity index is 2.46. The molecule has 1 heterocycles. The van der Waals surface area contributed by atoms with Gasteiger partial charge in [-0.2, -0.15) is 0 Å². The zero-order chi connectivity index (χ0) is 13.8. The molecule has 0 aliphatic rings. The zero-order valence-electron chi connectivity index (χ0n) is 10.4. The van der Waals surface area contributed by atoms with Crippen molar-refractivity contribution in [1.82, 2.24) is 15.0 Å². The Morgan fingerprint density at radius 2 is 2.11 bits per heavy atom. The largest absolute Gasteiger partial charge is 0.464 e. The third kappa shape index (κ3) is 2.65. The zero-order valence-corrected chi connectivity index (χ0v) is 10.4. The molecule has 19 heavy (non-hydrogen) atoms. The Morgan fingerprint density at radius 1 is 1.37 bits per heavy atom. The minimum absolute atomic E-state index is 0.0250. The highest BCUT2D eigenvalue weighted by molar-refractivity contribution is 5.96. The first-order chi connectivity index (χ1) is 9.13. The SMILES string of the molecule is CCCNC(=O)c1nc2ccccc2n1NC(=O)O. The van der Waals surface area contributed by atoms with Crippen LogP contribution in [0.3, 0.4) is 0 Å². The predicted molar refractivity (Wildman–Crippen MR) is 69.7 cm³/mol. The lowest BCUT2D eigenvalue weighted by Crippen LogP contribution is -2.31. The number of imidazole rings is 1. The van der Waals surface area contributed by atoms with E-state index in [1.807, 2.05) is 6.92 Å². The fraction of sp³-hybridized carbons (Fsp3) is 0.250. The van der Waals surface area contributed by atoms with E-state index >= 15 is 0 Å². The number of fused-ring (bicyclic) bond motifs is 1. The molecule has 0 spiro atoms. The Morgan fingerprint density at radius 3 is 2.79 bits per heavy atom. The maximum absolute atomic E-state index is 11.9. The molecule has 1 aromatic heterocycles. The van der Waals surface area contributed by atoms with Crippen LogP contribution in [0.2, 0.25) is 0 Å². The van der Waals surface area contributed by atoms with Crippen LogP contribution >= 0.6 is 0 Å². The summed E-state index contributed by atoms with van der Waals surface area (Å²) in [4.78, 5) is 26.9. The normalized spacial score (nSPS) is 10.4. The second kappa shape index (κ2) is 5.38. The summed E-state index contributed by atoms with van der Waals surface area (Å²) in [6.07, 6.45) is -0.467. The van der Waals surface area contributed by atoms with E-state index in [2.05, 4.69) is 15.7 Å². The number of amides is 2. The summed E-state index contributed by atoms with van der Waals surface area (Å²) in [7, 11) is 0. The molecule has 0 atom stereocenters. The van der Waals surface area contributed by atoms with E-state index in [-0.39, 0.29) is 5.82 Å². The number of nitrogens with one attached hydrogen (secondary N) is 2. The van der Waals surface area contributed by atoms with E-state index in [1.54, 1.807) is 24.3 Å². The molecule has 0 bridgehead atoms. The number of hydrogen-bond acceptors (Lipinski definition) is 3. The molecule has 0 aliphatic heterocycles. The van der Waals surface area contributed by atoms with E-state index < -0.39 is 12.0 Å². The van der Waals surface area contributed by atoms with Crippen molar-refractivity contribution in [2.75, 3.05) is 12.0 Å². The van der Waals surface area contributed by atoms with Crippen LogP contribution in [0.5, 0.6) is 0 Å². The fourth-order valence-corrected chi connectivity index (χ4v) is 1.70. The fourth-order valence-electron chi connectivity index (χ4n) is 1.70. The molecule has 0 unspecified atom stereocenters. The average molecular weight is 262 g/mol. The molecule has 2 rings (SSSR count). The number of carbonyl (C=O) groups excluding carboxylic acids is 1. The van der Waals surface area contributed by atoms with Crippen molar-refractivity contribution in [3.05, 3.63) is 30.1 Å². The monoisotopic (exact) mass is 262 g/mol. The molecule has 2 aromatic rings. The van der Waals surface area contributed by atoms with Gasteiger partial charge in [0.25, 0.3) is 5.91 Å². The highest BCUT2D eigenvalue weighted by Gasteiger charge is 2.18. The summed E-state index contributed by atoms with van der Waals surface area (Å²) in [5.74, 6) is -0.385. The van der Waals surface area contributed by atoms with Crippen molar-refractivity contribution in [2.24, 2.45) is 0 Å². The standard InChI is InChI=1S/C12H14N4O3/c1-2-7-13-11(17)10-14-8-5-3-4-6-9(8)16(10)15-12(18)19/h3-6,15H,2,7H2,1H3,(H,13,17)(H,18,19). The maximum Gasteiger partial charge on any atom is 0.424 e. The van der Waals surface area contributed by atoms with Gasteiger partial charge in [-0.3, -0.25) is 4.79 Å². The third-order valence-electron chi connectivity index (χ3n) is 2.51. The Kier molecular flexibility index (Phi) is 3.65. The summed E-state index contributed by atoms with van der Waals surface area (Å²) in [5.41, 5.74) is 3.25. The summed E-state index contributed by atoms with van der Waals surface area (Å²) in [5, 5.41) is 11.5. The van der Waals surface area contributed by atoms with Crippen LogP contribution in [0, 0.1) is 0 Å². The summed E-state index contributed by atoms with van der Waals surface area (Å²) in [6.45, 7) is 2.44. The molecule has 0 aliphatic carbocycles. The number of para-hydroxylation sites is 2. The van der Waals surface area contributed by atoms with Gasteiger partial charge in [0.15, 0.2) is 0 Å². The number of carbonyl (C=O) groups is 2. The number of aromatic nitrogens is 2. The molecule has 3 N–H and O–H groups in total. The first kappa shape index (κ1) is 12.9. The lowest BCUT2D eigenvalue weighted by atomic mass is 10.3. The van der Waals surface area contributed by atoms with Crippen molar-refractivity contribution < 1.29 is 14.7 Å². The van der Waals surface area contributed by atoms with Crippen LogP contribution in [-0.4, -0.2) is 33.3 Å². The Hall–Kier alpha value is -2.57. The van der Waals surface area contributed by atoms with Gasteiger partial charge < -0.3 is 10.4 Å².